The van der Waals surface area contributed by atoms with Crippen LogP contribution in [0.4, 0.5) is 5.82 Å². The Morgan fingerprint density at radius 3 is 3.06 bits per heavy atom. The summed E-state index contributed by atoms with van der Waals surface area (Å²) in [6.45, 7) is 0.468. The van der Waals surface area contributed by atoms with Crippen LogP contribution in [0.25, 0.3) is 11.2 Å². The molecule has 0 saturated carbocycles. The molecule has 0 radical (unpaired) electrons. The van der Waals surface area contributed by atoms with E-state index in [4.69, 9.17) is 21.1 Å². The summed E-state index contributed by atoms with van der Waals surface area (Å²) in [5.41, 5.74) is 0.447. The summed E-state index contributed by atoms with van der Waals surface area (Å²) in [6, 6.07) is 7.86. The zero-order chi connectivity index (χ0) is 21.8. The Morgan fingerprint density at radius 2 is 2.29 bits per heavy atom. The van der Waals surface area contributed by atoms with Gasteiger partial charge in [0, 0.05) is 18.1 Å². The highest BCUT2D eigenvalue weighted by Gasteiger charge is 2.65. The minimum atomic E-state index is -1.47. The van der Waals surface area contributed by atoms with Crippen molar-refractivity contribution in [2.75, 3.05) is 19.0 Å². The Hall–Kier alpha value is -2.31. The number of likely N-dealkylation sites (N-methyl/N-ethyl adjacent to an activating group) is 1. The third-order valence-corrected chi connectivity index (χ3v) is 6.18. The molecule has 1 aromatic carbocycles. The topological polar surface area (TPSA) is 123 Å². The highest BCUT2D eigenvalue weighted by Crippen LogP contribution is 2.46. The number of nitrogens with zero attached hydrogens (tertiary/aromatic N) is 4. The molecule has 4 heterocycles. The van der Waals surface area contributed by atoms with Crippen LogP contribution in [0, 0.1) is 0 Å². The summed E-state index contributed by atoms with van der Waals surface area (Å²) in [6.07, 6.45) is -1.16. The molecule has 2 fully saturated rings. The highest BCUT2D eigenvalue weighted by molar-refractivity contribution is 9.10. The van der Waals surface area contributed by atoms with Gasteiger partial charge in [0.25, 0.3) is 5.91 Å². The molecule has 5 rings (SSSR count). The van der Waals surface area contributed by atoms with E-state index in [2.05, 4.69) is 41.5 Å². The average Bonchev–Trinajstić information content (AvgIpc) is 3.41. The summed E-state index contributed by atoms with van der Waals surface area (Å²) in [5.74, 6) is 0.0119. The molecule has 2 saturated heterocycles. The molecule has 12 heteroatoms. The molecule has 31 heavy (non-hydrogen) atoms. The van der Waals surface area contributed by atoms with Gasteiger partial charge in [-0.25, -0.2) is 4.98 Å². The number of carbonyl (C=O) groups is 1. The average molecular weight is 510 g/mol. The number of aromatic nitrogens is 4. The van der Waals surface area contributed by atoms with Crippen LogP contribution in [0.3, 0.4) is 0 Å². The van der Waals surface area contributed by atoms with Gasteiger partial charge in [0.05, 0.1) is 12.9 Å². The number of nitrogens with one attached hydrogen (secondary N) is 2. The van der Waals surface area contributed by atoms with Crippen molar-refractivity contribution in [3.05, 3.63) is 45.9 Å². The molecule has 3 aromatic rings. The fourth-order valence-electron chi connectivity index (χ4n) is 4.00. The van der Waals surface area contributed by atoms with Gasteiger partial charge in [-0.05, 0) is 29.3 Å². The second kappa shape index (κ2) is 7.68. The van der Waals surface area contributed by atoms with Crippen LogP contribution in [-0.2, 0) is 20.8 Å². The molecule has 0 aliphatic carbocycles. The van der Waals surface area contributed by atoms with Gasteiger partial charge in [-0.2, -0.15) is 9.97 Å². The number of rotatable bonds is 5. The maximum absolute atomic E-state index is 12.4. The highest BCUT2D eigenvalue weighted by atomic mass is 79.9. The van der Waals surface area contributed by atoms with E-state index in [1.807, 2.05) is 24.3 Å². The molecule has 0 spiro atoms. The van der Waals surface area contributed by atoms with Gasteiger partial charge >= 0.3 is 0 Å². The zero-order valence-electron chi connectivity index (χ0n) is 16.2. The standard InChI is InChI=1S/C19H18BrClN6O4/c1-22-17(29)19-7-30-12(13(19)28)16(31-19)27-8-24-11-14(25-18(21)26-15(11)27)23-6-9-3-2-4-10(20)5-9/h2-5,8,12-13,16,28H,6-7H2,1H3,(H,22,29)(H,23,25,26)/t12-,13?,16+,19+/m0/s1. The third kappa shape index (κ3) is 3.28. The van der Waals surface area contributed by atoms with E-state index in [0.29, 0.717) is 23.5 Å². The minimum Gasteiger partial charge on any atom is -0.387 e. The summed E-state index contributed by atoms with van der Waals surface area (Å²) in [4.78, 5) is 25.4. The molecule has 4 atom stereocenters. The fourth-order valence-corrected chi connectivity index (χ4v) is 4.61. The number of carbonyl (C=O) groups excluding carboxylic acids is 1. The zero-order valence-corrected chi connectivity index (χ0v) is 18.6. The van der Waals surface area contributed by atoms with Gasteiger partial charge in [0.15, 0.2) is 23.2 Å². The van der Waals surface area contributed by atoms with Gasteiger partial charge < -0.3 is 25.2 Å². The SMILES string of the molecule is CNC(=O)[C@@]12CO[C@@H](C1O)[C@H](n1cnc3c(NCc4cccc(Br)c4)nc(Cl)nc31)O2. The second-order valence-corrected chi connectivity index (χ2v) is 8.60. The van der Waals surface area contributed by atoms with Crippen LogP contribution in [0.5, 0.6) is 0 Å². The van der Waals surface area contributed by atoms with Crippen LogP contribution in [0.15, 0.2) is 35.1 Å². The first-order chi connectivity index (χ1) is 14.9. The van der Waals surface area contributed by atoms with Crippen LogP contribution in [-0.4, -0.2) is 62.0 Å². The smallest absolute Gasteiger partial charge is 0.257 e. The lowest BCUT2D eigenvalue weighted by Crippen LogP contribution is -2.53. The molecular formula is C19H18BrClN6O4. The van der Waals surface area contributed by atoms with Crippen LogP contribution in [0.2, 0.25) is 5.28 Å². The first-order valence-electron chi connectivity index (χ1n) is 9.51. The second-order valence-electron chi connectivity index (χ2n) is 7.35. The summed E-state index contributed by atoms with van der Waals surface area (Å²) >= 11 is 9.63. The number of halogens is 2. The Labute approximate surface area is 190 Å². The van der Waals surface area contributed by atoms with Gasteiger partial charge in [-0.3, -0.25) is 9.36 Å². The van der Waals surface area contributed by atoms with Crippen molar-refractivity contribution in [1.29, 1.82) is 0 Å². The minimum absolute atomic E-state index is 0.0247. The van der Waals surface area contributed by atoms with Crippen LogP contribution in [0.1, 0.15) is 11.8 Å². The Morgan fingerprint density at radius 1 is 1.45 bits per heavy atom. The van der Waals surface area contributed by atoms with Crippen molar-refractivity contribution in [2.24, 2.45) is 0 Å². The van der Waals surface area contributed by atoms with Gasteiger partial charge in [-0.15, -0.1) is 0 Å². The first kappa shape index (κ1) is 20.6. The Bertz CT molecular complexity index is 1180. The van der Waals surface area contributed by atoms with E-state index in [1.54, 1.807) is 4.57 Å². The maximum Gasteiger partial charge on any atom is 0.257 e. The van der Waals surface area contributed by atoms with Crippen molar-refractivity contribution in [3.8, 4) is 0 Å². The number of hydrogen-bond acceptors (Lipinski definition) is 8. The summed E-state index contributed by atoms with van der Waals surface area (Å²) < 4.78 is 14.2. The van der Waals surface area contributed by atoms with Gasteiger partial charge in [-0.1, -0.05) is 28.1 Å². The van der Waals surface area contributed by atoms with Crippen molar-refractivity contribution < 1.29 is 19.4 Å². The predicted octanol–water partition coefficient (Wildman–Crippen LogP) is 1.63. The summed E-state index contributed by atoms with van der Waals surface area (Å²) in [7, 11) is 1.48. The van der Waals surface area contributed by atoms with E-state index in [9.17, 15) is 9.90 Å². The van der Waals surface area contributed by atoms with Crippen LogP contribution < -0.4 is 10.6 Å². The Kier molecular flexibility index (Phi) is 5.10. The van der Waals surface area contributed by atoms with Crippen LogP contribution >= 0.6 is 27.5 Å². The number of fused-ring (bicyclic) bond motifs is 3. The van der Waals surface area contributed by atoms with Crippen molar-refractivity contribution in [1.82, 2.24) is 24.8 Å². The van der Waals surface area contributed by atoms with Crippen molar-refractivity contribution >= 4 is 50.4 Å². The Balaban J connectivity index is 1.47. The number of ether oxygens (including phenoxy) is 2. The van der Waals surface area contributed by atoms with E-state index in [0.717, 1.165) is 10.0 Å². The lowest BCUT2D eigenvalue weighted by atomic mass is 9.98. The van der Waals surface area contributed by atoms with Crippen molar-refractivity contribution in [3.63, 3.8) is 0 Å². The normalized spacial score (nSPS) is 27.0. The lowest BCUT2D eigenvalue weighted by molar-refractivity contribution is -0.184. The molecule has 2 aliphatic heterocycles. The lowest BCUT2D eigenvalue weighted by Gasteiger charge is -2.29. The number of hydrogen-bond donors (Lipinski definition) is 3. The quantitative estimate of drug-likeness (QED) is 0.444. The number of imidazole rings is 1. The largest absolute Gasteiger partial charge is 0.387 e. The van der Waals surface area contributed by atoms with Gasteiger partial charge in [0.2, 0.25) is 10.9 Å². The number of aliphatic hydroxyl groups excluding tert-OH is 1. The van der Waals surface area contributed by atoms with E-state index in [-0.39, 0.29) is 11.9 Å². The van der Waals surface area contributed by atoms with E-state index in [1.165, 1.54) is 13.4 Å². The number of anilines is 1. The predicted molar refractivity (Wildman–Crippen MR) is 114 cm³/mol. The molecule has 162 valence electrons. The molecule has 3 N–H and O–H groups in total. The molecule has 2 bridgehead atoms. The number of amides is 1. The van der Waals surface area contributed by atoms with Crippen molar-refractivity contribution in [2.45, 2.75) is 30.6 Å². The van der Waals surface area contributed by atoms with Gasteiger partial charge in [0.1, 0.15) is 12.2 Å². The first-order valence-corrected chi connectivity index (χ1v) is 10.7. The molecular weight excluding hydrogens is 492 g/mol. The fraction of sp³-hybridized carbons (Fsp3) is 0.368. The number of benzene rings is 1. The summed E-state index contributed by atoms with van der Waals surface area (Å²) in [5, 5.41) is 16.4. The third-order valence-electron chi connectivity index (χ3n) is 5.52. The van der Waals surface area contributed by atoms with E-state index >= 15 is 0 Å². The molecule has 10 nitrogen and oxygen atoms in total. The molecule has 1 unspecified atom stereocenters. The molecule has 1 amide bonds. The molecule has 2 aromatic heterocycles. The monoisotopic (exact) mass is 508 g/mol. The van der Waals surface area contributed by atoms with E-state index < -0.39 is 29.9 Å². The maximum atomic E-state index is 12.4. The molecule has 2 aliphatic rings. The number of aliphatic hydroxyl groups is 1.